The number of rotatable bonds is 5. The van der Waals surface area contributed by atoms with Crippen LogP contribution in [-0.4, -0.2) is 29.9 Å². The zero-order chi connectivity index (χ0) is 17.5. The lowest BCUT2D eigenvalue weighted by Gasteiger charge is -2.20. The molecule has 0 saturated heterocycles. The van der Waals surface area contributed by atoms with Crippen molar-refractivity contribution in [1.82, 2.24) is 5.32 Å². The third kappa shape index (κ3) is 7.26. The number of nitrogens with one attached hydrogen (secondary N) is 2. The third-order valence-corrected chi connectivity index (χ3v) is 2.56. The molecule has 2 amide bonds. The van der Waals surface area contributed by atoms with Crippen molar-refractivity contribution < 1.29 is 19.1 Å². The fourth-order valence-corrected chi connectivity index (χ4v) is 1.64. The van der Waals surface area contributed by atoms with E-state index in [2.05, 4.69) is 15.4 Å². The number of anilines is 1. The smallest absolute Gasteiger partial charge is 0.330 e. The van der Waals surface area contributed by atoms with Crippen LogP contribution in [0.3, 0.4) is 0 Å². The first-order chi connectivity index (χ1) is 10.7. The van der Waals surface area contributed by atoms with Crippen molar-refractivity contribution in [2.24, 2.45) is 0 Å². The topological polar surface area (TPSA) is 84.5 Å². The summed E-state index contributed by atoms with van der Waals surface area (Å²) >= 11 is 0. The van der Waals surface area contributed by atoms with E-state index in [1.807, 2.05) is 20.8 Å². The van der Waals surface area contributed by atoms with Crippen LogP contribution < -0.4 is 10.6 Å². The van der Waals surface area contributed by atoms with Crippen molar-refractivity contribution in [2.45, 2.75) is 33.2 Å². The van der Waals surface area contributed by atoms with Crippen molar-refractivity contribution in [2.75, 3.05) is 11.9 Å². The van der Waals surface area contributed by atoms with Gasteiger partial charge in [-0.3, -0.25) is 9.59 Å². The minimum Gasteiger partial charge on any atom is -0.463 e. The Labute approximate surface area is 135 Å². The number of amides is 2. The summed E-state index contributed by atoms with van der Waals surface area (Å²) in [6.45, 7) is 7.63. The molecule has 0 heterocycles. The molecule has 0 unspecified atom stereocenters. The Morgan fingerprint density at radius 1 is 1.09 bits per heavy atom. The molecule has 23 heavy (non-hydrogen) atoms. The SMILES string of the molecule is CCOC(=O)/C=C/C(=O)Nc1ccc(C(=O)NC(C)(C)C)cc1. The van der Waals surface area contributed by atoms with Crippen LogP contribution in [0.2, 0.25) is 0 Å². The Hall–Kier alpha value is -2.63. The first-order valence-corrected chi connectivity index (χ1v) is 7.29. The van der Waals surface area contributed by atoms with E-state index in [0.29, 0.717) is 11.3 Å². The number of benzene rings is 1. The van der Waals surface area contributed by atoms with E-state index in [4.69, 9.17) is 0 Å². The van der Waals surface area contributed by atoms with Gasteiger partial charge >= 0.3 is 5.97 Å². The molecule has 1 rings (SSSR count). The predicted octanol–water partition coefficient (Wildman–Crippen LogP) is 2.27. The highest BCUT2D eigenvalue weighted by Crippen LogP contribution is 2.11. The van der Waals surface area contributed by atoms with Crippen LogP contribution in [0.25, 0.3) is 0 Å². The molecule has 6 nitrogen and oxygen atoms in total. The molecule has 0 aliphatic rings. The highest BCUT2D eigenvalue weighted by molar-refractivity contribution is 6.03. The third-order valence-electron chi connectivity index (χ3n) is 2.56. The van der Waals surface area contributed by atoms with Crippen LogP contribution >= 0.6 is 0 Å². The van der Waals surface area contributed by atoms with Crippen LogP contribution in [0.15, 0.2) is 36.4 Å². The summed E-state index contributed by atoms with van der Waals surface area (Å²) < 4.78 is 4.67. The molecule has 0 aromatic heterocycles. The largest absolute Gasteiger partial charge is 0.463 e. The van der Waals surface area contributed by atoms with Gasteiger partial charge in [-0.2, -0.15) is 0 Å². The average Bonchev–Trinajstić information content (AvgIpc) is 2.44. The maximum absolute atomic E-state index is 12.0. The maximum Gasteiger partial charge on any atom is 0.330 e. The van der Waals surface area contributed by atoms with E-state index in [0.717, 1.165) is 12.2 Å². The van der Waals surface area contributed by atoms with Crippen molar-refractivity contribution in [3.63, 3.8) is 0 Å². The van der Waals surface area contributed by atoms with Gasteiger partial charge in [0.15, 0.2) is 0 Å². The van der Waals surface area contributed by atoms with E-state index < -0.39 is 11.9 Å². The van der Waals surface area contributed by atoms with Crippen LogP contribution in [-0.2, 0) is 14.3 Å². The molecule has 2 N–H and O–H groups in total. The molecule has 1 aromatic carbocycles. The Balaban J connectivity index is 2.62. The Bertz CT molecular complexity index is 598. The normalized spacial score (nSPS) is 11.1. The average molecular weight is 318 g/mol. The molecule has 0 aliphatic carbocycles. The second kappa shape index (κ2) is 8.12. The molecule has 6 heteroatoms. The van der Waals surface area contributed by atoms with E-state index in [9.17, 15) is 14.4 Å². The molecule has 0 aliphatic heterocycles. The summed E-state index contributed by atoms with van der Waals surface area (Å²) in [6, 6.07) is 6.47. The van der Waals surface area contributed by atoms with E-state index in [1.165, 1.54) is 0 Å². The number of ether oxygens (including phenoxy) is 1. The van der Waals surface area contributed by atoms with E-state index in [1.54, 1.807) is 31.2 Å². The predicted molar refractivity (Wildman–Crippen MR) is 88.1 cm³/mol. The van der Waals surface area contributed by atoms with Gasteiger partial charge in [-0.1, -0.05) is 0 Å². The number of esters is 1. The number of carbonyl (C=O) groups excluding carboxylic acids is 3. The first kappa shape index (κ1) is 18.4. The molecule has 0 atom stereocenters. The Morgan fingerprint density at radius 3 is 2.22 bits per heavy atom. The van der Waals surface area contributed by atoms with E-state index in [-0.39, 0.29) is 18.1 Å². The van der Waals surface area contributed by atoms with Gasteiger partial charge in [0.1, 0.15) is 0 Å². The van der Waals surface area contributed by atoms with Crippen LogP contribution in [0.1, 0.15) is 38.1 Å². The molecule has 0 radical (unpaired) electrons. The second-order valence-corrected chi connectivity index (χ2v) is 5.86. The number of hydrogen-bond acceptors (Lipinski definition) is 4. The van der Waals surface area contributed by atoms with Gasteiger partial charge in [-0.15, -0.1) is 0 Å². The standard InChI is InChI=1S/C17H22N2O4/c1-5-23-15(21)11-10-14(20)18-13-8-6-12(7-9-13)16(22)19-17(2,3)4/h6-11H,5H2,1-4H3,(H,18,20)(H,19,22)/b11-10+. The number of carbonyl (C=O) groups is 3. The monoisotopic (exact) mass is 318 g/mol. The lowest BCUT2D eigenvalue weighted by atomic mass is 10.1. The van der Waals surface area contributed by atoms with Gasteiger partial charge in [-0.05, 0) is 52.0 Å². The summed E-state index contributed by atoms with van der Waals surface area (Å²) in [4.78, 5) is 34.7. The summed E-state index contributed by atoms with van der Waals surface area (Å²) in [5, 5.41) is 5.44. The lowest BCUT2D eigenvalue weighted by molar-refractivity contribution is -0.137. The second-order valence-electron chi connectivity index (χ2n) is 5.86. The molecule has 0 spiro atoms. The van der Waals surface area contributed by atoms with Crippen molar-refractivity contribution in [1.29, 1.82) is 0 Å². The van der Waals surface area contributed by atoms with Crippen molar-refractivity contribution in [3.05, 3.63) is 42.0 Å². The highest BCUT2D eigenvalue weighted by atomic mass is 16.5. The quantitative estimate of drug-likeness (QED) is 0.644. The molecular weight excluding hydrogens is 296 g/mol. The van der Waals surface area contributed by atoms with Crippen LogP contribution in [0, 0.1) is 0 Å². The molecule has 0 fully saturated rings. The first-order valence-electron chi connectivity index (χ1n) is 7.29. The highest BCUT2D eigenvalue weighted by Gasteiger charge is 2.15. The summed E-state index contributed by atoms with van der Waals surface area (Å²) in [6.07, 6.45) is 2.15. The van der Waals surface area contributed by atoms with E-state index >= 15 is 0 Å². The van der Waals surface area contributed by atoms with Gasteiger partial charge < -0.3 is 15.4 Å². The van der Waals surface area contributed by atoms with Gasteiger partial charge in [0.05, 0.1) is 6.61 Å². The Morgan fingerprint density at radius 2 is 1.70 bits per heavy atom. The van der Waals surface area contributed by atoms with Gasteiger partial charge in [0, 0.05) is 28.9 Å². The fraction of sp³-hybridized carbons (Fsp3) is 0.353. The van der Waals surface area contributed by atoms with Gasteiger partial charge in [0.2, 0.25) is 5.91 Å². The number of hydrogen-bond donors (Lipinski definition) is 2. The lowest BCUT2D eigenvalue weighted by Crippen LogP contribution is -2.40. The molecule has 0 saturated carbocycles. The fourth-order valence-electron chi connectivity index (χ4n) is 1.64. The molecule has 124 valence electrons. The van der Waals surface area contributed by atoms with Crippen molar-refractivity contribution >= 4 is 23.5 Å². The molecule has 0 bridgehead atoms. The van der Waals surface area contributed by atoms with Crippen LogP contribution in [0.5, 0.6) is 0 Å². The van der Waals surface area contributed by atoms with Gasteiger partial charge in [-0.25, -0.2) is 4.79 Å². The van der Waals surface area contributed by atoms with Gasteiger partial charge in [0.25, 0.3) is 5.91 Å². The molecular formula is C17H22N2O4. The Kier molecular flexibility index (Phi) is 6.50. The van der Waals surface area contributed by atoms with Crippen molar-refractivity contribution in [3.8, 4) is 0 Å². The zero-order valence-electron chi connectivity index (χ0n) is 13.8. The zero-order valence-corrected chi connectivity index (χ0v) is 13.8. The van der Waals surface area contributed by atoms with Crippen LogP contribution in [0.4, 0.5) is 5.69 Å². The molecule has 1 aromatic rings. The summed E-state index contributed by atoms with van der Waals surface area (Å²) in [5.41, 5.74) is 0.706. The minimum absolute atomic E-state index is 0.183. The minimum atomic E-state index is -0.572. The summed E-state index contributed by atoms with van der Waals surface area (Å²) in [5.74, 6) is -1.21. The maximum atomic E-state index is 12.0. The summed E-state index contributed by atoms with van der Waals surface area (Å²) in [7, 11) is 0.